The van der Waals surface area contributed by atoms with E-state index in [4.69, 9.17) is 4.74 Å². The first-order chi connectivity index (χ1) is 9.16. The van der Waals surface area contributed by atoms with Gasteiger partial charge in [-0.05, 0) is 25.0 Å². The lowest BCUT2D eigenvalue weighted by Crippen LogP contribution is -2.19. The highest BCUT2D eigenvalue weighted by atomic mass is 16.5. The fraction of sp³-hybridized carbons (Fsp3) is 0.467. The molecule has 2 rings (SSSR count). The molecule has 0 aliphatic heterocycles. The van der Waals surface area contributed by atoms with Crippen molar-refractivity contribution in [1.29, 1.82) is 0 Å². The number of Topliss-reactive ketones (excluding diaryl/α,β-unsaturated/α-hetero) is 1. The smallest absolute Gasteiger partial charge is 0.221 e. The highest BCUT2D eigenvalue weighted by Crippen LogP contribution is 2.27. The van der Waals surface area contributed by atoms with Gasteiger partial charge in [-0.2, -0.15) is 0 Å². The number of rotatable bonds is 5. The third-order valence-electron chi connectivity index (χ3n) is 3.38. The maximum atomic E-state index is 11.9. The Labute approximate surface area is 113 Å². The molecule has 1 amide bonds. The zero-order valence-corrected chi connectivity index (χ0v) is 11.1. The number of anilines is 1. The van der Waals surface area contributed by atoms with Crippen molar-refractivity contribution in [3.63, 3.8) is 0 Å². The number of para-hydroxylation sites is 2. The molecule has 0 bridgehead atoms. The summed E-state index contributed by atoms with van der Waals surface area (Å²) < 4.78 is 5.55. The molecule has 4 heteroatoms. The number of nitrogens with one attached hydrogen (secondary N) is 1. The molecule has 4 nitrogen and oxygen atoms in total. The number of hydrogen-bond acceptors (Lipinski definition) is 3. The van der Waals surface area contributed by atoms with Gasteiger partial charge < -0.3 is 10.1 Å². The normalized spacial score (nSPS) is 15.2. The van der Waals surface area contributed by atoms with Crippen LogP contribution >= 0.6 is 0 Å². The third-order valence-corrected chi connectivity index (χ3v) is 3.38. The fourth-order valence-electron chi connectivity index (χ4n) is 2.40. The molecule has 0 spiro atoms. The van der Waals surface area contributed by atoms with Gasteiger partial charge >= 0.3 is 0 Å². The van der Waals surface area contributed by atoms with Crippen LogP contribution in [0.4, 0.5) is 5.69 Å². The standard InChI is InChI=1S/C15H19NO3/c1-11(17)16-13-8-4-5-9-15(13)19-10-14(18)12-6-2-3-7-12/h4-5,8-9,12H,2-3,6-7,10H2,1H3,(H,16,17). The minimum Gasteiger partial charge on any atom is -0.484 e. The van der Waals surface area contributed by atoms with Gasteiger partial charge in [0.2, 0.25) is 5.91 Å². The van der Waals surface area contributed by atoms with Crippen LogP contribution in [0.5, 0.6) is 5.75 Å². The predicted molar refractivity (Wildman–Crippen MR) is 73.2 cm³/mol. The van der Waals surface area contributed by atoms with Crippen LogP contribution in [-0.2, 0) is 9.59 Å². The molecule has 19 heavy (non-hydrogen) atoms. The Morgan fingerprint density at radius 2 is 1.95 bits per heavy atom. The van der Waals surface area contributed by atoms with Crippen LogP contribution < -0.4 is 10.1 Å². The highest BCUT2D eigenvalue weighted by Gasteiger charge is 2.23. The van der Waals surface area contributed by atoms with Crippen LogP contribution in [0.1, 0.15) is 32.6 Å². The largest absolute Gasteiger partial charge is 0.484 e. The van der Waals surface area contributed by atoms with E-state index in [-0.39, 0.29) is 24.2 Å². The van der Waals surface area contributed by atoms with Crippen molar-refractivity contribution in [2.24, 2.45) is 5.92 Å². The quantitative estimate of drug-likeness (QED) is 0.886. The summed E-state index contributed by atoms with van der Waals surface area (Å²) in [5.74, 6) is 0.713. The molecule has 102 valence electrons. The van der Waals surface area contributed by atoms with Crippen molar-refractivity contribution in [2.75, 3.05) is 11.9 Å². The van der Waals surface area contributed by atoms with Gasteiger partial charge in [-0.25, -0.2) is 0 Å². The summed E-state index contributed by atoms with van der Waals surface area (Å²) in [6.07, 6.45) is 4.24. The van der Waals surface area contributed by atoms with E-state index < -0.39 is 0 Å². The van der Waals surface area contributed by atoms with Crippen molar-refractivity contribution in [1.82, 2.24) is 0 Å². The molecule has 0 saturated heterocycles. The first-order valence-corrected chi connectivity index (χ1v) is 6.69. The number of carbonyl (C=O) groups excluding carboxylic acids is 2. The van der Waals surface area contributed by atoms with E-state index in [0.717, 1.165) is 25.7 Å². The zero-order chi connectivity index (χ0) is 13.7. The predicted octanol–water partition coefficient (Wildman–Crippen LogP) is 2.78. The Kier molecular flexibility index (Phi) is 4.55. The maximum absolute atomic E-state index is 11.9. The van der Waals surface area contributed by atoms with E-state index in [9.17, 15) is 9.59 Å². The molecule has 1 aromatic rings. The van der Waals surface area contributed by atoms with E-state index in [0.29, 0.717) is 11.4 Å². The van der Waals surface area contributed by atoms with E-state index in [1.165, 1.54) is 6.92 Å². The van der Waals surface area contributed by atoms with Crippen LogP contribution in [0.2, 0.25) is 0 Å². The Morgan fingerprint density at radius 3 is 2.63 bits per heavy atom. The molecule has 1 aromatic carbocycles. The zero-order valence-electron chi connectivity index (χ0n) is 11.1. The second-order valence-corrected chi connectivity index (χ2v) is 4.91. The summed E-state index contributed by atoms with van der Waals surface area (Å²) in [5, 5.41) is 2.69. The van der Waals surface area contributed by atoms with Crippen LogP contribution in [0.15, 0.2) is 24.3 Å². The van der Waals surface area contributed by atoms with E-state index in [1.54, 1.807) is 12.1 Å². The Balaban J connectivity index is 1.94. The van der Waals surface area contributed by atoms with Gasteiger partial charge in [-0.1, -0.05) is 25.0 Å². The molecule has 1 aliphatic carbocycles. The van der Waals surface area contributed by atoms with Crippen LogP contribution in [0.3, 0.4) is 0 Å². The van der Waals surface area contributed by atoms with E-state index >= 15 is 0 Å². The molecule has 0 unspecified atom stereocenters. The summed E-state index contributed by atoms with van der Waals surface area (Å²) in [6.45, 7) is 1.53. The van der Waals surface area contributed by atoms with Crippen molar-refractivity contribution < 1.29 is 14.3 Å². The van der Waals surface area contributed by atoms with Crippen molar-refractivity contribution in [2.45, 2.75) is 32.6 Å². The summed E-state index contributed by atoms with van der Waals surface area (Å²) in [4.78, 5) is 23.0. The molecule has 0 heterocycles. The van der Waals surface area contributed by atoms with Gasteiger partial charge in [0.1, 0.15) is 12.4 Å². The molecule has 1 fully saturated rings. The fourth-order valence-corrected chi connectivity index (χ4v) is 2.40. The summed E-state index contributed by atoms with van der Waals surface area (Å²) >= 11 is 0. The number of ether oxygens (including phenoxy) is 1. The second-order valence-electron chi connectivity index (χ2n) is 4.91. The van der Waals surface area contributed by atoms with Gasteiger partial charge in [-0.15, -0.1) is 0 Å². The minimum atomic E-state index is -0.154. The van der Waals surface area contributed by atoms with Crippen LogP contribution in [0.25, 0.3) is 0 Å². The van der Waals surface area contributed by atoms with Gasteiger partial charge in [0.15, 0.2) is 5.78 Å². The third kappa shape index (κ3) is 3.81. The number of carbonyl (C=O) groups is 2. The first-order valence-electron chi connectivity index (χ1n) is 6.69. The lowest BCUT2D eigenvalue weighted by molar-refractivity contribution is -0.124. The molecule has 0 radical (unpaired) electrons. The van der Waals surface area contributed by atoms with E-state index in [1.807, 2.05) is 12.1 Å². The Morgan fingerprint density at radius 1 is 1.26 bits per heavy atom. The monoisotopic (exact) mass is 261 g/mol. The first kappa shape index (κ1) is 13.6. The van der Waals surface area contributed by atoms with Gasteiger partial charge in [0.25, 0.3) is 0 Å². The molecule has 1 N–H and O–H groups in total. The molecule has 1 aliphatic rings. The second kappa shape index (κ2) is 6.36. The summed E-state index contributed by atoms with van der Waals surface area (Å²) in [7, 11) is 0. The van der Waals surface area contributed by atoms with Crippen molar-refractivity contribution >= 4 is 17.4 Å². The number of ketones is 1. The highest BCUT2D eigenvalue weighted by molar-refractivity contribution is 5.90. The van der Waals surface area contributed by atoms with E-state index in [2.05, 4.69) is 5.32 Å². The van der Waals surface area contributed by atoms with Crippen LogP contribution in [-0.4, -0.2) is 18.3 Å². The van der Waals surface area contributed by atoms with Crippen LogP contribution in [0, 0.1) is 5.92 Å². The summed E-state index contributed by atoms with van der Waals surface area (Å²) in [5.41, 5.74) is 0.606. The molecular weight excluding hydrogens is 242 g/mol. The lowest BCUT2D eigenvalue weighted by Gasteiger charge is -2.13. The topological polar surface area (TPSA) is 55.4 Å². The Bertz CT molecular complexity index is 464. The maximum Gasteiger partial charge on any atom is 0.221 e. The molecule has 0 aromatic heterocycles. The number of hydrogen-bond donors (Lipinski definition) is 1. The molecule has 0 atom stereocenters. The molecular formula is C15H19NO3. The average molecular weight is 261 g/mol. The van der Waals surface area contributed by atoms with Gasteiger partial charge in [0, 0.05) is 12.8 Å². The van der Waals surface area contributed by atoms with Gasteiger partial charge in [0.05, 0.1) is 5.69 Å². The van der Waals surface area contributed by atoms with Crippen molar-refractivity contribution in [3.8, 4) is 5.75 Å². The lowest BCUT2D eigenvalue weighted by atomic mass is 10.0. The summed E-state index contributed by atoms with van der Waals surface area (Å²) in [6, 6.07) is 7.15. The Hall–Kier alpha value is -1.84. The SMILES string of the molecule is CC(=O)Nc1ccccc1OCC(=O)C1CCCC1. The van der Waals surface area contributed by atoms with Crippen molar-refractivity contribution in [3.05, 3.63) is 24.3 Å². The average Bonchev–Trinajstić information content (AvgIpc) is 2.90. The molecule has 1 saturated carbocycles. The number of benzene rings is 1. The van der Waals surface area contributed by atoms with Gasteiger partial charge in [-0.3, -0.25) is 9.59 Å². The number of amides is 1. The minimum absolute atomic E-state index is 0.0846.